The molecule has 0 aromatic heterocycles. The normalized spacial score (nSPS) is 17.7. The van der Waals surface area contributed by atoms with Crippen LogP contribution < -0.4 is 26.2 Å². The lowest BCUT2D eigenvalue weighted by Crippen LogP contribution is -2.65. The van der Waals surface area contributed by atoms with E-state index < -0.39 is 0 Å². The van der Waals surface area contributed by atoms with Gasteiger partial charge in [0.1, 0.15) is 0 Å². The summed E-state index contributed by atoms with van der Waals surface area (Å²) in [7, 11) is 0. The van der Waals surface area contributed by atoms with Crippen LogP contribution in [0.5, 0.6) is 0 Å². The smallest absolute Gasteiger partial charge is 0.255 e. The van der Waals surface area contributed by atoms with Crippen LogP contribution in [0.1, 0.15) is 182 Å². The maximum atomic E-state index is 2.76. The minimum Gasteiger partial charge on any atom is -0.311 e. The Balaban J connectivity index is 1.43. The second kappa shape index (κ2) is 11.6. The minimum absolute atomic E-state index is 0.0368. The third-order valence-corrected chi connectivity index (χ3v) is 16.2. The SMILES string of the molecule is CC(C)(C)c1cc2c3c(c1)N1c4ccc(C(C)(C)C)cc4C(C)(C)c4c(C(C)(C)C)cc5c(c41)B3c1c(cc(C(C)(C)C)c3c1N2c1ccc(C(C)(C)C)cc1C3(C)C)S5. The van der Waals surface area contributed by atoms with Gasteiger partial charge in [0.05, 0.1) is 11.4 Å². The highest BCUT2D eigenvalue weighted by atomic mass is 32.2. The Bertz CT molecular complexity index is 2590. The van der Waals surface area contributed by atoms with Gasteiger partial charge in [-0.15, -0.1) is 0 Å². The van der Waals surface area contributed by atoms with Gasteiger partial charge in [0.2, 0.25) is 0 Å². The van der Waals surface area contributed by atoms with E-state index in [4.69, 9.17) is 0 Å². The van der Waals surface area contributed by atoms with E-state index >= 15 is 0 Å². The maximum Gasteiger partial charge on any atom is 0.255 e. The van der Waals surface area contributed by atoms with Crippen LogP contribution in [0.2, 0.25) is 0 Å². The zero-order valence-corrected chi connectivity index (χ0v) is 41.0. The molecule has 0 atom stereocenters. The lowest BCUT2D eigenvalue weighted by molar-refractivity contribution is 0.541. The van der Waals surface area contributed by atoms with E-state index in [0.29, 0.717) is 0 Å². The van der Waals surface area contributed by atoms with Gasteiger partial charge < -0.3 is 9.80 Å². The highest BCUT2D eigenvalue weighted by Gasteiger charge is 2.56. The number of rotatable bonds is 0. The number of hydrogen-bond donors (Lipinski definition) is 0. The van der Waals surface area contributed by atoms with E-state index in [-0.39, 0.29) is 44.6 Å². The van der Waals surface area contributed by atoms with Crippen LogP contribution in [0, 0.1) is 0 Å². The van der Waals surface area contributed by atoms with Crippen molar-refractivity contribution in [1.29, 1.82) is 0 Å². The molecule has 0 unspecified atom stereocenters. The third-order valence-electron chi connectivity index (χ3n) is 15.0. The Kier molecular flexibility index (Phi) is 7.75. The van der Waals surface area contributed by atoms with Crippen molar-refractivity contribution in [1.82, 2.24) is 0 Å². The second-order valence-corrected chi connectivity index (χ2v) is 26.3. The van der Waals surface area contributed by atoms with Crippen LogP contribution in [0.3, 0.4) is 0 Å². The van der Waals surface area contributed by atoms with Crippen molar-refractivity contribution >= 4 is 69.0 Å². The molecule has 0 bridgehead atoms. The summed E-state index contributed by atoms with van der Waals surface area (Å²) in [6.07, 6.45) is 0. The molecule has 0 saturated carbocycles. The number of nitrogens with zero attached hydrogens (tertiary/aromatic N) is 2. The fraction of sp³-hybridized carbons (Fsp3) is 0.464. The molecule has 0 saturated heterocycles. The van der Waals surface area contributed by atoms with Crippen molar-refractivity contribution in [2.24, 2.45) is 0 Å². The standard InChI is InChI=1S/C56H67BN2S/c1-50(2,3)30-20-22-37-33(24-30)55(16,17)43-35(53(10,11)12)28-41-46-48(43)58(37)39-26-32(52(7,8)9)27-40-45(39)57(46)47-42(60-41)29-36(54(13,14)15)44-49(47)59(40)38-23-21-31(51(4,5)6)25-34(38)56(44,18)19/h20-29H,1-19H3. The van der Waals surface area contributed by atoms with Crippen molar-refractivity contribution in [3.63, 3.8) is 0 Å². The van der Waals surface area contributed by atoms with Gasteiger partial charge >= 0.3 is 0 Å². The predicted molar refractivity (Wildman–Crippen MR) is 262 cm³/mol. The fourth-order valence-electron chi connectivity index (χ4n) is 11.6. The molecule has 5 aromatic rings. The summed E-state index contributed by atoms with van der Waals surface area (Å²) in [5, 5.41) is 0. The van der Waals surface area contributed by atoms with Crippen molar-refractivity contribution in [2.45, 2.75) is 179 Å². The zero-order chi connectivity index (χ0) is 43.6. The molecule has 0 N–H and O–H groups in total. The quantitative estimate of drug-likeness (QED) is 0.141. The van der Waals surface area contributed by atoms with E-state index in [1.165, 1.54) is 110 Å². The molecule has 2 nitrogen and oxygen atoms in total. The summed E-state index contributed by atoms with van der Waals surface area (Å²) >= 11 is 2.05. The Morgan fingerprint density at radius 3 is 1.12 bits per heavy atom. The molecule has 10 rings (SSSR count). The third kappa shape index (κ3) is 5.15. The molecule has 4 heteroatoms. The summed E-state index contributed by atoms with van der Waals surface area (Å²) in [4.78, 5) is 8.39. The molecule has 0 radical (unpaired) electrons. The summed E-state index contributed by atoms with van der Waals surface area (Å²) in [5.74, 6) is 0. The minimum atomic E-state index is -0.213. The number of benzene rings is 5. The second-order valence-electron chi connectivity index (χ2n) is 25.2. The average molecular weight is 811 g/mol. The van der Waals surface area contributed by atoms with E-state index in [1.54, 1.807) is 0 Å². The van der Waals surface area contributed by atoms with Crippen LogP contribution in [-0.2, 0) is 37.9 Å². The molecule has 0 spiro atoms. The first-order chi connectivity index (χ1) is 27.4. The van der Waals surface area contributed by atoms with Gasteiger partial charge in [0, 0.05) is 43.4 Å². The van der Waals surface area contributed by atoms with Gasteiger partial charge in [0.15, 0.2) is 0 Å². The summed E-state index contributed by atoms with van der Waals surface area (Å²) in [6.45, 7) is 46.2. The van der Waals surface area contributed by atoms with E-state index in [9.17, 15) is 0 Å². The molecule has 0 aliphatic carbocycles. The Morgan fingerprint density at radius 1 is 0.417 bits per heavy atom. The number of hydrogen-bond acceptors (Lipinski definition) is 3. The molecule has 5 aliphatic heterocycles. The predicted octanol–water partition coefficient (Wildman–Crippen LogP) is 14.0. The first-order valence-corrected chi connectivity index (χ1v) is 23.5. The largest absolute Gasteiger partial charge is 0.311 e. The maximum absolute atomic E-state index is 2.76. The topological polar surface area (TPSA) is 6.48 Å². The van der Waals surface area contributed by atoms with Crippen LogP contribution in [0.25, 0.3) is 0 Å². The van der Waals surface area contributed by atoms with E-state index in [2.05, 4.69) is 202 Å². The monoisotopic (exact) mass is 811 g/mol. The number of fused-ring (bicyclic) bond motifs is 6. The lowest BCUT2D eigenvalue weighted by atomic mass is 9.32. The van der Waals surface area contributed by atoms with Gasteiger partial charge in [-0.05, 0) is 130 Å². The van der Waals surface area contributed by atoms with Crippen LogP contribution in [0.4, 0.5) is 34.1 Å². The van der Waals surface area contributed by atoms with Crippen molar-refractivity contribution in [3.8, 4) is 0 Å². The lowest BCUT2D eigenvalue weighted by Gasteiger charge is -2.55. The van der Waals surface area contributed by atoms with E-state index in [0.717, 1.165) is 0 Å². The van der Waals surface area contributed by atoms with Gasteiger partial charge in [-0.1, -0.05) is 168 Å². The molecule has 0 fully saturated rings. The van der Waals surface area contributed by atoms with Crippen LogP contribution >= 0.6 is 11.8 Å². The van der Waals surface area contributed by atoms with Crippen molar-refractivity contribution in [2.75, 3.05) is 9.80 Å². The highest BCUT2D eigenvalue weighted by Crippen LogP contribution is 2.62. The first kappa shape index (κ1) is 40.2. The molecule has 0 amide bonds. The first-order valence-electron chi connectivity index (χ1n) is 22.7. The van der Waals surface area contributed by atoms with E-state index in [1.807, 2.05) is 11.8 Å². The van der Waals surface area contributed by atoms with Gasteiger partial charge in [0.25, 0.3) is 6.71 Å². The molecule has 310 valence electrons. The van der Waals surface area contributed by atoms with Crippen molar-refractivity contribution in [3.05, 3.63) is 111 Å². The Hall–Kier alpha value is -3.89. The average Bonchev–Trinajstić information content (AvgIpc) is 3.11. The highest BCUT2D eigenvalue weighted by molar-refractivity contribution is 8.00. The van der Waals surface area contributed by atoms with Gasteiger partial charge in [-0.25, -0.2) is 0 Å². The molecule has 60 heavy (non-hydrogen) atoms. The molecular formula is C56H67BN2S. The van der Waals surface area contributed by atoms with Gasteiger partial charge in [-0.2, -0.15) is 0 Å². The Labute approximate surface area is 367 Å². The zero-order valence-electron chi connectivity index (χ0n) is 40.2. The Morgan fingerprint density at radius 2 is 0.783 bits per heavy atom. The molecular weight excluding hydrogens is 744 g/mol. The fourth-order valence-corrected chi connectivity index (χ4v) is 12.9. The number of anilines is 6. The van der Waals surface area contributed by atoms with Gasteiger partial charge in [-0.3, -0.25) is 0 Å². The molecule has 5 heterocycles. The molecule has 5 aliphatic rings. The summed E-state index contributed by atoms with van der Waals surface area (Å²) in [6, 6.07) is 25.4. The van der Waals surface area contributed by atoms with Crippen LogP contribution in [-0.4, -0.2) is 6.71 Å². The molecule has 5 aromatic carbocycles. The summed E-state index contributed by atoms with van der Waals surface area (Å²) in [5.41, 5.74) is 25.2. The summed E-state index contributed by atoms with van der Waals surface area (Å²) < 4.78 is 0. The van der Waals surface area contributed by atoms with Crippen LogP contribution in [0.15, 0.2) is 70.5 Å². The van der Waals surface area contributed by atoms with Crippen molar-refractivity contribution < 1.29 is 0 Å².